The zero-order chi connectivity index (χ0) is 25.8. The van der Waals surface area contributed by atoms with Gasteiger partial charge in [-0.1, -0.05) is 0 Å². The minimum absolute atomic E-state index is 0.0279. The predicted molar refractivity (Wildman–Crippen MR) is 134 cm³/mol. The van der Waals surface area contributed by atoms with Crippen LogP contribution in [0.15, 0.2) is 46.3 Å². The molecule has 2 aliphatic rings. The summed E-state index contributed by atoms with van der Waals surface area (Å²) in [7, 11) is 1.68. The molecule has 2 aliphatic heterocycles. The van der Waals surface area contributed by atoms with Crippen molar-refractivity contribution in [3.05, 3.63) is 75.0 Å². The van der Waals surface area contributed by atoms with Crippen molar-refractivity contribution >= 4 is 34.8 Å². The van der Waals surface area contributed by atoms with Gasteiger partial charge in [0.05, 0.1) is 23.7 Å². The summed E-state index contributed by atoms with van der Waals surface area (Å²) in [4.78, 5) is 28.1. The van der Waals surface area contributed by atoms with Gasteiger partial charge < -0.3 is 20.5 Å². The number of rotatable bonds is 4. The van der Waals surface area contributed by atoms with Crippen LogP contribution in [0, 0.1) is 6.92 Å². The molecule has 0 bridgehead atoms. The van der Waals surface area contributed by atoms with Crippen molar-refractivity contribution in [2.75, 3.05) is 29.0 Å². The lowest BCUT2D eigenvalue weighted by Gasteiger charge is -2.29. The number of halogens is 3. The maximum atomic E-state index is 13.4. The van der Waals surface area contributed by atoms with Crippen molar-refractivity contribution in [2.24, 2.45) is 12.0 Å². The number of amidine groups is 1. The Morgan fingerprint density at radius 3 is 2.67 bits per heavy atom. The van der Waals surface area contributed by atoms with E-state index in [0.717, 1.165) is 23.5 Å². The zero-order valence-corrected chi connectivity index (χ0v) is 19.9. The lowest BCUT2D eigenvalue weighted by atomic mass is 9.98. The molecular formula is C25H24F3N7O. The Morgan fingerprint density at radius 1 is 1.17 bits per heavy atom. The van der Waals surface area contributed by atoms with Crippen LogP contribution in [-0.2, 0) is 13.2 Å². The molecule has 0 aliphatic carbocycles. The fourth-order valence-corrected chi connectivity index (χ4v) is 4.42. The van der Waals surface area contributed by atoms with E-state index in [-0.39, 0.29) is 11.2 Å². The normalized spacial score (nSPS) is 15.7. The van der Waals surface area contributed by atoms with Crippen LogP contribution in [0.2, 0.25) is 0 Å². The molecule has 0 radical (unpaired) electrons. The first kappa shape index (κ1) is 23.6. The smallest absolute Gasteiger partial charge is 0.399 e. The maximum absolute atomic E-state index is 13.4. The molecule has 4 heterocycles. The number of nitrogens with zero attached hydrogens (tertiary/aromatic N) is 5. The molecule has 0 amide bonds. The number of fused-ring (bicyclic) bond motifs is 3. The largest absolute Gasteiger partial charge is 0.416 e. The molecule has 3 N–H and O–H groups in total. The van der Waals surface area contributed by atoms with Crippen molar-refractivity contribution in [1.29, 1.82) is 0 Å². The van der Waals surface area contributed by atoms with Gasteiger partial charge in [-0.05, 0) is 55.3 Å². The van der Waals surface area contributed by atoms with Crippen LogP contribution < -0.4 is 21.5 Å². The molecule has 1 aromatic carbocycles. The van der Waals surface area contributed by atoms with Crippen LogP contribution in [0.5, 0.6) is 0 Å². The van der Waals surface area contributed by atoms with Crippen LogP contribution in [-0.4, -0.2) is 33.5 Å². The Kier molecular flexibility index (Phi) is 5.57. The van der Waals surface area contributed by atoms with E-state index in [9.17, 15) is 18.0 Å². The topological polar surface area (TPSA) is 101 Å². The molecule has 2 aromatic heterocycles. The quantitative estimate of drug-likeness (QED) is 0.530. The minimum atomic E-state index is -4.51. The number of aryl methyl sites for hydroxylation is 2. The zero-order valence-electron chi connectivity index (χ0n) is 19.9. The average Bonchev–Trinajstić information content (AvgIpc) is 3.30. The first-order valence-corrected chi connectivity index (χ1v) is 11.3. The standard InChI is InChI=1S/C25H24F3N7O/c1-13(16-8-17(25(26,27)28)11-18(29)9-16)31-22-20-12-19(15-4-6-34(3)21(36)10-15)23-30-5-7-35(23)24(20)33-14(2)32-22/h4,6,8-13H,5,7,29H2,1-3H3,(H,31,32,33)/t13-/m1/s1. The summed E-state index contributed by atoms with van der Waals surface area (Å²) in [6.45, 7) is 4.68. The molecule has 1 atom stereocenters. The van der Waals surface area contributed by atoms with Crippen LogP contribution in [0.3, 0.4) is 0 Å². The van der Waals surface area contributed by atoms with Gasteiger partial charge in [0.1, 0.15) is 23.3 Å². The maximum Gasteiger partial charge on any atom is 0.416 e. The third kappa shape index (κ3) is 4.21. The van der Waals surface area contributed by atoms with E-state index in [4.69, 9.17) is 5.73 Å². The highest BCUT2D eigenvalue weighted by atomic mass is 19.4. The minimum Gasteiger partial charge on any atom is -0.399 e. The molecule has 0 spiro atoms. The highest BCUT2D eigenvalue weighted by molar-refractivity contribution is 6.36. The highest BCUT2D eigenvalue weighted by Gasteiger charge is 2.33. The molecular weight excluding hydrogens is 471 g/mol. The van der Waals surface area contributed by atoms with Gasteiger partial charge in [-0.15, -0.1) is 0 Å². The van der Waals surface area contributed by atoms with Gasteiger partial charge in [-0.3, -0.25) is 9.79 Å². The Bertz CT molecular complexity index is 1490. The van der Waals surface area contributed by atoms with Crippen molar-refractivity contribution < 1.29 is 13.2 Å². The highest BCUT2D eigenvalue weighted by Crippen LogP contribution is 2.39. The summed E-state index contributed by atoms with van der Waals surface area (Å²) in [5, 5.41) is 3.25. The number of hydrogen-bond donors (Lipinski definition) is 2. The third-order valence-corrected chi connectivity index (χ3v) is 6.24. The second kappa shape index (κ2) is 8.51. The molecule has 36 heavy (non-hydrogen) atoms. The van der Waals surface area contributed by atoms with Crippen LogP contribution in [0.1, 0.15) is 41.0 Å². The number of nitrogen functional groups attached to an aromatic ring is 1. The van der Waals surface area contributed by atoms with E-state index in [2.05, 4.69) is 20.3 Å². The lowest BCUT2D eigenvalue weighted by molar-refractivity contribution is -0.137. The Labute approximate surface area is 205 Å². The number of alkyl halides is 3. The molecule has 0 saturated carbocycles. The van der Waals surface area contributed by atoms with E-state index in [1.54, 1.807) is 33.2 Å². The molecule has 0 unspecified atom stereocenters. The van der Waals surface area contributed by atoms with Crippen LogP contribution in [0.4, 0.5) is 30.5 Å². The number of aliphatic imine (C=N–C) groups is 1. The average molecular weight is 496 g/mol. The van der Waals surface area contributed by atoms with Crippen molar-refractivity contribution in [2.45, 2.75) is 26.1 Å². The summed E-state index contributed by atoms with van der Waals surface area (Å²) in [6.07, 6.45) is -0.942. The number of benzene rings is 1. The van der Waals surface area contributed by atoms with Gasteiger partial charge in [-0.25, -0.2) is 9.97 Å². The number of pyridine rings is 1. The van der Waals surface area contributed by atoms with Crippen molar-refractivity contribution in [1.82, 2.24) is 14.5 Å². The van der Waals surface area contributed by atoms with E-state index < -0.39 is 17.8 Å². The lowest BCUT2D eigenvalue weighted by Crippen LogP contribution is -2.33. The fourth-order valence-electron chi connectivity index (χ4n) is 4.42. The summed E-state index contributed by atoms with van der Waals surface area (Å²) in [5.74, 6) is 2.35. The van der Waals surface area contributed by atoms with Crippen molar-refractivity contribution in [3.63, 3.8) is 0 Å². The van der Waals surface area contributed by atoms with Crippen LogP contribution in [0.25, 0.3) is 11.6 Å². The Morgan fingerprint density at radius 2 is 1.94 bits per heavy atom. The molecule has 0 saturated heterocycles. The molecule has 3 aromatic rings. The Balaban J connectivity index is 1.60. The number of nitrogens with one attached hydrogen (secondary N) is 1. The molecule has 11 heteroatoms. The first-order chi connectivity index (χ1) is 17.0. The summed E-state index contributed by atoms with van der Waals surface area (Å²) < 4.78 is 41.5. The Hall–Kier alpha value is -4.15. The van der Waals surface area contributed by atoms with E-state index in [0.29, 0.717) is 47.2 Å². The SMILES string of the molecule is Cc1nc(N[C@H](C)c2cc(N)cc(C(F)(F)F)c2)c2c(n1)N1CCN=C1C(c1ccn(C)c(=O)c1)=C2. The molecule has 8 nitrogen and oxygen atoms in total. The second-order valence-corrected chi connectivity index (χ2v) is 8.89. The predicted octanol–water partition coefficient (Wildman–Crippen LogP) is 4.03. The second-order valence-electron chi connectivity index (χ2n) is 8.89. The van der Waals surface area contributed by atoms with Gasteiger partial charge in [0.15, 0.2) is 0 Å². The number of anilines is 3. The van der Waals surface area contributed by atoms with Crippen LogP contribution >= 0.6 is 0 Å². The van der Waals surface area contributed by atoms with E-state index in [1.165, 1.54) is 10.6 Å². The molecule has 186 valence electrons. The van der Waals surface area contributed by atoms with Gasteiger partial charge in [0, 0.05) is 37.1 Å². The molecule has 0 fully saturated rings. The number of aromatic nitrogens is 3. The van der Waals surface area contributed by atoms with E-state index >= 15 is 0 Å². The molecule has 5 rings (SSSR count). The summed E-state index contributed by atoms with van der Waals surface area (Å²) in [6, 6.07) is 6.36. The summed E-state index contributed by atoms with van der Waals surface area (Å²) >= 11 is 0. The van der Waals surface area contributed by atoms with Crippen molar-refractivity contribution in [3.8, 4) is 0 Å². The number of nitrogens with two attached hydrogens (primary N) is 1. The fraction of sp³-hybridized carbons (Fsp3) is 0.280. The number of hydrogen-bond acceptors (Lipinski definition) is 7. The third-order valence-electron chi connectivity index (χ3n) is 6.24. The monoisotopic (exact) mass is 495 g/mol. The van der Waals surface area contributed by atoms with Gasteiger partial charge in [0.25, 0.3) is 5.56 Å². The van der Waals surface area contributed by atoms with Gasteiger partial charge >= 0.3 is 6.18 Å². The van der Waals surface area contributed by atoms with Gasteiger partial charge in [-0.2, -0.15) is 13.2 Å². The summed E-state index contributed by atoms with van der Waals surface area (Å²) in [5.41, 5.74) is 7.35. The van der Waals surface area contributed by atoms with E-state index in [1.807, 2.05) is 17.0 Å². The van der Waals surface area contributed by atoms with Gasteiger partial charge in [0.2, 0.25) is 0 Å². The first-order valence-electron chi connectivity index (χ1n) is 11.3.